The minimum atomic E-state index is -0.466. The van der Waals surface area contributed by atoms with Gasteiger partial charge in [0.15, 0.2) is 0 Å². The summed E-state index contributed by atoms with van der Waals surface area (Å²) in [7, 11) is 1.72. The summed E-state index contributed by atoms with van der Waals surface area (Å²) in [5.41, 5.74) is 3.50. The summed E-state index contributed by atoms with van der Waals surface area (Å²) in [5.74, 6) is 2.53. The van der Waals surface area contributed by atoms with Gasteiger partial charge in [-0.15, -0.1) is 10.2 Å². The van der Waals surface area contributed by atoms with E-state index in [1.54, 1.807) is 13.3 Å². The Labute approximate surface area is 288 Å². The van der Waals surface area contributed by atoms with Crippen molar-refractivity contribution in [2.24, 2.45) is 11.3 Å². The molecule has 2 bridgehead atoms. The molecule has 11 nitrogen and oxygen atoms in total. The molecule has 8 rings (SSSR count). The predicted octanol–water partition coefficient (Wildman–Crippen LogP) is 6.57. The van der Waals surface area contributed by atoms with Crippen molar-refractivity contribution in [1.29, 1.82) is 0 Å². The van der Waals surface area contributed by atoms with E-state index >= 15 is 0 Å². The van der Waals surface area contributed by atoms with Crippen molar-refractivity contribution in [1.82, 2.24) is 20.1 Å². The molecule has 2 aromatic heterocycles. The van der Waals surface area contributed by atoms with E-state index in [0.717, 1.165) is 49.8 Å². The highest BCUT2D eigenvalue weighted by Crippen LogP contribution is 2.58. The molecule has 0 spiro atoms. The lowest BCUT2D eigenvalue weighted by atomic mass is 9.51. The molecule has 1 aliphatic heterocycles. The van der Waals surface area contributed by atoms with Gasteiger partial charge in [-0.3, -0.25) is 9.69 Å². The average Bonchev–Trinajstić information content (AvgIpc) is 3.61. The third-order valence-electron chi connectivity index (χ3n) is 11.8. The van der Waals surface area contributed by atoms with Gasteiger partial charge < -0.3 is 23.9 Å². The number of likely N-dealkylation sites (tertiary alicyclic amines) is 1. The van der Waals surface area contributed by atoms with E-state index in [-0.39, 0.29) is 40.8 Å². The van der Waals surface area contributed by atoms with Gasteiger partial charge in [-0.05, 0) is 111 Å². The van der Waals surface area contributed by atoms with E-state index < -0.39 is 6.10 Å². The molecule has 3 aromatic rings. The van der Waals surface area contributed by atoms with Gasteiger partial charge in [0.1, 0.15) is 17.7 Å². The number of aliphatic hydroxyl groups excluding tert-OH is 1. The Kier molecular flexibility index (Phi) is 9.15. The maximum Gasteiger partial charge on any atom is 0.410 e. The van der Waals surface area contributed by atoms with Crippen molar-refractivity contribution < 1.29 is 28.6 Å². The van der Waals surface area contributed by atoms with E-state index in [1.807, 2.05) is 30.9 Å². The highest BCUT2D eigenvalue weighted by atomic mass is 16.6. The molecular weight excluding hydrogens is 622 g/mol. The molecule has 1 N–H and O–H groups in total. The largest absolute Gasteiger partial charge is 0.496 e. The van der Waals surface area contributed by atoms with Crippen LogP contribution in [0.25, 0.3) is 11.5 Å². The van der Waals surface area contributed by atoms with Crippen LogP contribution in [-0.4, -0.2) is 76.1 Å². The number of benzene rings is 1. The summed E-state index contributed by atoms with van der Waals surface area (Å²) in [5, 5.41) is 18.1. The lowest BCUT2D eigenvalue weighted by molar-refractivity contribution is -0.124. The number of fused-ring (bicyclic) bond motifs is 3. The van der Waals surface area contributed by atoms with Crippen molar-refractivity contribution in [3.05, 3.63) is 53.5 Å². The average molecular weight is 672 g/mol. The third-order valence-corrected chi connectivity index (χ3v) is 11.8. The third kappa shape index (κ3) is 6.66. The van der Waals surface area contributed by atoms with Gasteiger partial charge in [0.2, 0.25) is 17.7 Å². The minimum Gasteiger partial charge on any atom is -0.496 e. The lowest BCUT2D eigenvalue weighted by Gasteiger charge is -2.55. The number of rotatable bonds is 9. The van der Waals surface area contributed by atoms with Crippen molar-refractivity contribution in [2.45, 2.75) is 109 Å². The molecule has 262 valence electrons. The van der Waals surface area contributed by atoms with Gasteiger partial charge in [0.25, 0.3) is 0 Å². The van der Waals surface area contributed by atoms with Crippen molar-refractivity contribution in [3.8, 4) is 17.2 Å². The number of carbonyl (C=O) groups is 2. The van der Waals surface area contributed by atoms with Gasteiger partial charge in [-0.2, -0.15) is 0 Å². The number of hydrogen-bond donors (Lipinski definition) is 1. The smallest absolute Gasteiger partial charge is 0.410 e. The SMILES string of the molecule is COc1ccc(C23CCC(CN(C(=O)C4CCC(OC(=O)N5CC(O)C5)CC4)c4cc(-c5nnc(C(C)C)o5)ccn4)(CC2)CC3)cc1C. The number of ether oxygens (including phenoxy) is 2. The van der Waals surface area contributed by atoms with Crippen LogP contribution in [0, 0.1) is 18.3 Å². The summed E-state index contributed by atoms with van der Waals surface area (Å²) < 4.78 is 17.2. The first kappa shape index (κ1) is 33.5. The van der Waals surface area contributed by atoms with Crippen LogP contribution in [0.4, 0.5) is 10.6 Å². The Morgan fingerprint density at radius 3 is 2.35 bits per heavy atom. The number of amides is 2. The molecule has 11 heteroatoms. The number of anilines is 1. The van der Waals surface area contributed by atoms with Crippen LogP contribution in [-0.2, 0) is 14.9 Å². The number of carbonyl (C=O) groups excluding carboxylic acids is 2. The number of hydrogen-bond acceptors (Lipinski definition) is 9. The van der Waals surface area contributed by atoms with E-state index in [2.05, 4.69) is 35.3 Å². The van der Waals surface area contributed by atoms with Gasteiger partial charge in [0.05, 0.1) is 26.3 Å². The highest BCUT2D eigenvalue weighted by molar-refractivity contribution is 5.94. The topological polar surface area (TPSA) is 131 Å². The van der Waals surface area contributed by atoms with Crippen molar-refractivity contribution in [3.63, 3.8) is 0 Å². The molecule has 4 aliphatic carbocycles. The first-order valence-electron chi connectivity index (χ1n) is 18.0. The maximum absolute atomic E-state index is 14.6. The first-order chi connectivity index (χ1) is 23.6. The van der Waals surface area contributed by atoms with Gasteiger partial charge in [-0.1, -0.05) is 26.0 Å². The molecule has 0 atom stereocenters. The van der Waals surface area contributed by atoms with Crippen LogP contribution in [0.3, 0.4) is 0 Å². The summed E-state index contributed by atoms with van der Waals surface area (Å²) in [6, 6.07) is 10.4. The summed E-state index contributed by atoms with van der Waals surface area (Å²) in [6.07, 6.45) is 9.66. The van der Waals surface area contributed by atoms with E-state index in [9.17, 15) is 14.7 Å². The molecule has 1 aromatic carbocycles. The van der Waals surface area contributed by atoms with E-state index in [4.69, 9.17) is 18.9 Å². The zero-order valence-corrected chi connectivity index (χ0v) is 29.2. The second kappa shape index (κ2) is 13.4. The molecule has 5 fully saturated rings. The normalized spacial score (nSPS) is 26.8. The zero-order valence-electron chi connectivity index (χ0n) is 29.2. The molecule has 5 aliphatic rings. The Morgan fingerprint density at radius 1 is 1.02 bits per heavy atom. The van der Waals surface area contributed by atoms with Crippen molar-refractivity contribution in [2.75, 3.05) is 31.6 Å². The maximum atomic E-state index is 14.6. The van der Waals surface area contributed by atoms with Crippen LogP contribution in [0.15, 0.2) is 40.9 Å². The van der Waals surface area contributed by atoms with Crippen molar-refractivity contribution >= 4 is 17.8 Å². The quantitative estimate of drug-likeness (QED) is 0.268. The molecule has 1 saturated heterocycles. The number of aromatic nitrogens is 3. The predicted molar refractivity (Wildman–Crippen MR) is 183 cm³/mol. The van der Waals surface area contributed by atoms with Gasteiger partial charge in [-0.25, -0.2) is 9.78 Å². The van der Waals surface area contributed by atoms with Crippen LogP contribution in [0.2, 0.25) is 0 Å². The number of pyridine rings is 1. The number of nitrogens with zero attached hydrogens (tertiary/aromatic N) is 5. The van der Waals surface area contributed by atoms with Crippen LogP contribution in [0.1, 0.15) is 101 Å². The van der Waals surface area contributed by atoms with Gasteiger partial charge >= 0.3 is 6.09 Å². The Hall–Kier alpha value is -3.99. The summed E-state index contributed by atoms with van der Waals surface area (Å²) in [6.45, 7) is 7.40. The molecule has 4 saturated carbocycles. The lowest BCUT2D eigenvalue weighted by Crippen LogP contribution is -2.54. The molecule has 3 heterocycles. The fourth-order valence-electron chi connectivity index (χ4n) is 8.50. The number of β-amino-alcohol motifs (C(OH)–C–C–N with tert-alkyl or cyclic N) is 1. The fourth-order valence-corrected chi connectivity index (χ4v) is 8.50. The molecular formula is C38H49N5O6. The molecule has 0 radical (unpaired) electrons. The zero-order chi connectivity index (χ0) is 34.3. The Balaban J connectivity index is 1.10. The first-order valence-corrected chi connectivity index (χ1v) is 18.0. The van der Waals surface area contributed by atoms with E-state index in [0.29, 0.717) is 62.9 Å². The highest BCUT2D eigenvalue weighted by Gasteiger charge is 2.51. The second-order valence-electron chi connectivity index (χ2n) is 15.3. The monoisotopic (exact) mass is 671 g/mol. The van der Waals surface area contributed by atoms with E-state index in [1.165, 1.54) is 16.0 Å². The molecule has 49 heavy (non-hydrogen) atoms. The van der Waals surface area contributed by atoms with Crippen LogP contribution < -0.4 is 9.64 Å². The fraction of sp³-hybridized carbons (Fsp3) is 0.605. The van der Waals surface area contributed by atoms with Gasteiger partial charge in [0, 0.05) is 30.1 Å². The Bertz CT molecular complexity index is 1650. The standard InChI is InChI=1S/C38H49N5O6/c1-24(2)33-40-41-34(49-33)27-11-18-39-32(20-27)43(35(45)26-5-8-30(9-6-26)48-36(46)42-21-29(44)22-42)23-37-12-15-38(16-13-37,17-14-37)28-7-10-31(47-4)25(3)19-28/h7,10-11,18-20,24,26,29-30,44H,5-6,8-9,12-17,21-23H2,1-4H3. The minimum absolute atomic E-state index is 0.0143. The number of aliphatic hydroxyl groups is 1. The summed E-state index contributed by atoms with van der Waals surface area (Å²) in [4.78, 5) is 35.3. The number of aryl methyl sites for hydroxylation is 1. The molecule has 0 unspecified atom stereocenters. The second-order valence-corrected chi connectivity index (χ2v) is 15.3. The van der Waals surface area contributed by atoms with Crippen LogP contribution >= 0.6 is 0 Å². The number of methoxy groups -OCH3 is 1. The summed E-state index contributed by atoms with van der Waals surface area (Å²) >= 11 is 0. The van der Waals surface area contributed by atoms with Crippen LogP contribution in [0.5, 0.6) is 5.75 Å². The Morgan fingerprint density at radius 2 is 1.73 bits per heavy atom. The molecule has 2 amide bonds.